The van der Waals surface area contributed by atoms with E-state index in [1.165, 1.54) is 38.7 Å². The minimum absolute atomic E-state index is 0.134. The summed E-state index contributed by atoms with van der Waals surface area (Å²) < 4.78 is 21.0. The summed E-state index contributed by atoms with van der Waals surface area (Å²) in [7, 11) is -1.82. The van der Waals surface area contributed by atoms with Crippen molar-refractivity contribution in [3.05, 3.63) is 69.8 Å². The van der Waals surface area contributed by atoms with Crippen LogP contribution in [0.15, 0.2) is 44.8 Å². The molecule has 0 N–H and O–H groups in total. The van der Waals surface area contributed by atoms with Gasteiger partial charge in [-0.05, 0) is 0 Å². The first-order valence-corrected chi connectivity index (χ1v) is 20.4. The number of para-hydroxylation sites is 1. The Hall–Kier alpha value is -1.69. The summed E-state index contributed by atoms with van der Waals surface area (Å²) in [6.45, 7) is 31.7. The van der Waals surface area contributed by atoms with E-state index in [9.17, 15) is 0 Å². The van der Waals surface area contributed by atoms with Crippen LogP contribution in [-0.2, 0) is 10.8 Å². The number of fused-ring (bicyclic) bond motifs is 3. The molecule has 3 nitrogen and oxygen atoms in total. The third kappa shape index (κ3) is 5.87. The molecule has 0 unspecified atom stereocenters. The van der Waals surface area contributed by atoms with Crippen LogP contribution in [-0.4, -0.2) is 26.4 Å². The fraction of sp³-hybridized carbons (Fsp3) is 0.500. The van der Waals surface area contributed by atoms with Crippen molar-refractivity contribution in [2.45, 2.75) is 119 Å². The standard InChI is InChI=1S/C36H50O3P2Se/c1-21(2)41(42,22(3)4)30-18-16-15-17-29(30)37-40-38-33-27(35(9,10)11)19-23(5)25(7)31(33)32-26(8)24(6)20-28(34(32)39-40)36(12,13)14/h15-22H,1-14H3. The first kappa shape index (κ1) is 33.2. The second kappa shape index (κ2) is 11.7. The van der Waals surface area contributed by atoms with Gasteiger partial charge in [0.25, 0.3) is 0 Å². The third-order valence-corrected chi connectivity index (χ3v) is 20.5. The van der Waals surface area contributed by atoms with Crippen molar-refractivity contribution in [3.8, 4) is 5.75 Å². The van der Waals surface area contributed by atoms with Crippen molar-refractivity contribution in [3.63, 3.8) is 0 Å². The molecule has 0 saturated heterocycles. The summed E-state index contributed by atoms with van der Waals surface area (Å²) >= 11 is 3.67. The molecule has 0 aliphatic rings. The molecular formula is C36H50O3P2Se. The van der Waals surface area contributed by atoms with Crippen molar-refractivity contribution >= 4 is 56.1 Å². The first-order chi connectivity index (χ1) is 19.3. The van der Waals surface area contributed by atoms with Gasteiger partial charge in [0.05, 0.1) is 0 Å². The van der Waals surface area contributed by atoms with Crippen LogP contribution in [0.4, 0.5) is 0 Å². The SMILES string of the molecule is Cc1cc(C(C)(C)C)c2op(Oc3ccccc3P(=[Se])(C(C)C)C(C)C)oc3c(C(C)(C)C)cc(C)c(C)c3c2c1C. The summed E-state index contributed by atoms with van der Waals surface area (Å²) in [5.41, 5.74) is 8.11. The Balaban J connectivity index is 2.25. The molecule has 0 spiro atoms. The summed E-state index contributed by atoms with van der Waals surface area (Å²) in [5.74, 6) is 0.852. The molecule has 3 aromatic carbocycles. The van der Waals surface area contributed by atoms with Crippen LogP contribution in [0, 0.1) is 27.7 Å². The molecule has 1 aromatic heterocycles. The van der Waals surface area contributed by atoms with E-state index in [0.717, 1.165) is 27.7 Å². The van der Waals surface area contributed by atoms with Crippen molar-refractivity contribution in [1.82, 2.24) is 0 Å². The molecule has 228 valence electrons. The molecule has 4 rings (SSSR count). The van der Waals surface area contributed by atoms with Gasteiger partial charge in [-0.15, -0.1) is 0 Å². The van der Waals surface area contributed by atoms with Gasteiger partial charge in [-0.25, -0.2) is 0 Å². The van der Waals surface area contributed by atoms with Gasteiger partial charge in [0.1, 0.15) is 0 Å². The fourth-order valence-corrected chi connectivity index (χ4v) is 11.2. The fourth-order valence-electron chi connectivity index (χ4n) is 5.95. The molecular weight excluding hydrogens is 621 g/mol. The van der Waals surface area contributed by atoms with E-state index >= 15 is 0 Å². The first-order valence-electron chi connectivity index (χ1n) is 15.1. The van der Waals surface area contributed by atoms with E-state index in [-0.39, 0.29) is 10.8 Å². The van der Waals surface area contributed by atoms with Crippen LogP contribution >= 0.6 is 13.7 Å². The monoisotopic (exact) mass is 672 g/mol. The molecule has 0 aliphatic carbocycles. The van der Waals surface area contributed by atoms with Gasteiger partial charge in [-0.3, -0.25) is 0 Å². The summed E-state index contributed by atoms with van der Waals surface area (Å²) in [6, 6.07) is 13.1. The van der Waals surface area contributed by atoms with Crippen LogP contribution in [0.25, 0.3) is 21.9 Å². The van der Waals surface area contributed by atoms with E-state index in [0.29, 0.717) is 11.3 Å². The van der Waals surface area contributed by atoms with Gasteiger partial charge in [0.15, 0.2) is 0 Å². The van der Waals surface area contributed by atoms with Crippen LogP contribution in [0.2, 0.25) is 0 Å². The Morgan fingerprint density at radius 1 is 0.714 bits per heavy atom. The normalized spacial score (nSPS) is 13.0. The molecule has 0 bridgehead atoms. The Bertz CT molecular complexity index is 1650. The van der Waals surface area contributed by atoms with E-state index in [2.05, 4.69) is 148 Å². The molecule has 0 saturated carbocycles. The van der Waals surface area contributed by atoms with Gasteiger partial charge in [-0.1, -0.05) is 0 Å². The van der Waals surface area contributed by atoms with Crippen LogP contribution < -0.4 is 9.83 Å². The van der Waals surface area contributed by atoms with Crippen molar-refractivity contribution in [1.29, 1.82) is 0 Å². The van der Waals surface area contributed by atoms with Gasteiger partial charge in [0, 0.05) is 0 Å². The molecule has 4 aromatic rings. The third-order valence-electron chi connectivity index (χ3n) is 8.74. The van der Waals surface area contributed by atoms with E-state index in [1.54, 1.807) is 0 Å². The number of aryl methyl sites for hydroxylation is 4. The number of hydrogen-bond acceptors (Lipinski definition) is 3. The second-order valence-corrected chi connectivity index (χ2v) is 23.3. The molecule has 42 heavy (non-hydrogen) atoms. The topological polar surface area (TPSA) is 35.5 Å². The Morgan fingerprint density at radius 2 is 1.12 bits per heavy atom. The second-order valence-electron chi connectivity index (χ2n) is 14.5. The summed E-state index contributed by atoms with van der Waals surface area (Å²) in [5, 5.41) is 3.53. The molecule has 0 fully saturated rings. The summed E-state index contributed by atoms with van der Waals surface area (Å²) in [4.78, 5) is 0. The van der Waals surface area contributed by atoms with Crippen molar-refractivity contribution in [2.75, 3.05) is 0 Å². The van der Waals surface area contributed by atoms with E-state index in [1.807, 2.05) is 0 Å². The van der Waals surface area contributed by atoms with Gasteiger partial charge < -0.3 is 0 Å². The number of hydrogen-bond donors (Lipinski definition) is 0. The zero-order valence-electron chi connectivity index (χ0n) is 28.1. The van der Waals surface area contributed by atoms with Gasteiger partial charge in [0.2, 0.25) is 0 Å². The maximum absolute atomic E-state index is 7.01. The quantitative estimate of drug-likeness (QED) is 0.156. The van der Waals surface area contributed by atoms with Gasteiger partial charge in [-0.2, -0.15) is 0 Å². The zero-order chi connectivity index (χ0) is 31.5. The minimum atomic E-state index is -1.82. The van der Waals surface area contributed by atoms with E-state index in [4.69, 9.17) is 12.9 Å². The Kier molecular flexibility index (Phi) is 9.23. The van der Waals surface area contributed by atoms with Crippen molar-refractivity contribution < 1.29 is 12.9 Å². The molecule has 0 amide bonds. The molecule has 0 aliphatic heterocycles. The Morgan fingerprint density at radius 3 is 1.50 bits per heavy atom. The average Bonchev–Trinajstić information content (AvgIpc) is 3.03. The molecule has 6 heteroatoms. The Labute approximate surface area is 262 Å². The predicted molar refractivity (Wildman–Crippen MR) is 188 cm³/mol. The van der Waals surface area contributed by atoms with Crippen LogP contribution in [0.5, 0.6) is 5.75 Å². The summed E-state index contributed by atoms with van der Waals surface area (Å²) in [6.07, 6.45) is 0. The maximum atomic E-state index is 7.01. The average molecular weight is 672 g/mol. The predicted octanol–water partition coefficient (Wildman–Crippen LogP) is 11.5. The molecule has 1 heterocycles. The number of benzene rings is 3. The van der Waals surface area contributed by atoms with Crippen LogP contribution in [0.3, 0.4) is 0 Å². The zero-order valence-corrected chi connectivity index (χ0v) is 31.6. The van der Waals surface area contributed by atoms with Gasteiger partial charge >= 0.3 is 264 Å². The van der Waals surface area contributed by atoms with Crippen molar-refractivity contribution in [2.24, 2.45) is 0 Å². The molecule has 0 atom stereocenters. The molecule has 0 radical (unpaired) electrons. The van der Waals surface area contributed by atoms with Crippen LogP contribution in [0.1, 0.15) is 103 Å². The number of rotatable bonds is 5. The van der Waals surface area contributed by atoms with E-state index < -0.39 is 13.7 Å².